The van der Waals surface area contributed by atoms with E-state index in [4.69, 9.17) is 4.74 Å². The molecule has 0 amide bonds. The molecule has 2 heteroatoms. The van der Waals surface area contributed by atoms with Crippen molar-refractivity contribution in [1.29, 1.82) is 0 Å². The smallest absolute Gasteiger partial charge is 0.137 e. The molecule has 0 spiro atoms. The fourth-order valence-corrected chi connectivity index (χ4v) is 1.44. The number of hydrogen-bond donors (Lipinski definition) is 1. The van der Waals surface area contributed by atoms with Crippen LogP contribution in [0.25, 0.3) is 0 Å². The van der Waals surface area contributed by atoms with E-state index >= 15 is 0 Å². The van der Waals surface area contributed by atoms with Crippen LogP contribution in [0.2, 0.25) is 0 Å². The van der Waals surface area contributed by atoms with Crippen molar-refractivity contribution in [3.63, 3.8) is 0 Å². The summed E-state index contributed by atoms with van der Waals surface area (Å²) in [5.74, 6) is 1.53. The Balaban J connectivity index is 2.29. The highest BCUT2D eigenvalue weighted by Gasteiger charge is 1.99. The number of nitrogens with two attached hydrogens (primary N) is 1. The number of benzene rings is 1. The van der Waals surface area contributed by atoms with Gasteiger partial charge in [0.1, 0.15) is 18.9 Å². The summed E-state index contributed by atoms with van der Waals surface area (Å²) < 4.78 is 5.62. The molecule has 0 atom stereocenters. The molecular weight excluding hydrogens is 198 g/mol. The van der Waals surface area contributed by atoms with Gasteiger partial charge in [0.2, 0.25) is 0 Å². The molecule has 0 aliphatic heterocycles. The van der Waals surface area contributed by atoms with Gasteiger partial charge < -0.3 is 10.1 Å². The van der Waals surface area contributed by atoms with E-state index in [1.165, 1.54) is 5.56 Å². The van der Waals surface area contributed by atoms with Crippen molar-refractivity contribution in [2.45, 2.75) is 19.8 Å². The van der Waals surface area contributed by atoms with E-state index in [1.807, 2.05) is 18.2 Å². The summed E-state index contributed by atoms with van der Waals surface area (Å²) in [5.41, 5.74) is 1.35. The summed E-state index contributed by atoms with van der Waals surface area (Å²) >= 11 is 0. The van der Waals surface area contributed by atoms with Crippen LogP contribution in [0.1, 0.15) is 25.3 Å². The highest BCUT2D eigenvalue weighted by molar-refractivity contribution is 5.28. The molecule has 0 radical (unpaired) electrons. The second kappa shape index (κ2) is 7.07. The SMILES string of the molecule is C=CC[NH2+]CCOc1ccc(C(C)C)cc1. The Kier molecular flexibility index (Phi) is 5.65. The molecule has 0 aliphatic rings. The number of quaternary nitrogens is 1. The Morgan fingerprint density at radius 1 is 1.31 bits per heavy atom. The molecule has 0 saturated carbocycles. The van der Waals surface area contributed by atoms with E-state index in [0.29, 0.717) is 5.92 Å². The second-order valence-corrected chi connectivity index (χ2v) is 4.17. The van der Waals surface area contributed by atoms with E-state index in [0.717, 1.165) is 25.4 Å². The van der Waals surface area contributed by atoms with E-state index in [2.05, 4.69) is 37.9 Å². The van der Waals surface area contributed by atoms with E-state index < -0.39 is 0 Å². The zero-order valence-corrected chi connectivity index (χ0v) is 10.3. The molecule has 2 N–H and O–H groups in total. The molecule has 1 aromatic rings. The third kappa shape index (κ3) is 4.49. The summed E-state index contributed by atoms with van der Waals surface area (Å²) in [6.45, 7) is 10.7. The van der Waals surface area contributed by atoms with Crippen LogP contribution in [0.3, 0.4) is 0 Å². The van der Waals surface area contributed by atoms with Gasteiger partial charge in [0.15, 0.2) is 0 Å². The maximum absolute atomic E-state index is 5.62. The largest absolute Gasteiger partial charge is 0.488 e. The molecular formula is C14H22NO+. The molecule has 0 saturated heterocycles. The minimum atomic E-state index is 0.579. The minimum Gasteiger partial charge on any atom is -0.488 e. The molecule has 0 aliphatic carbocycles. The Morgan fingerprint density at radius 3 is 2.56 bits per heavy atom. The molecule has 2 nitrogen and oxygen atoms in total. The fraction of sp³-hybridized carbons (Fsp3) is 0.429. The fourth-order valence-electron chi connectivity index (χ4n) is 1.44. The summed E-state index contributed by atoms with van der Waals surface area (Å²) in [5, 5.41) is 2.18. The number of rotatable bonds is 7. The van der Waals surface area contributed by atoms with E-state index in [-0.39, 0.29) is 0 Å². The topological polar surface area (TPSA) is 25.8 Å². The Labute approximate surface area is 98.3 Å². The van der Waals surface area contributed by atoms with Crippen molar-refractivity contribution in [3.05, 3.63) is 42.5 Å². The molecule has 16 heavy (non-hydrogen) atoms. The first-order valence-electron chi connectivity index (χ1n) is 5.89. The lowest BCUT2D eigenvalue weighted by Crippen LogP contribution is -2.85. The first kappa shape index (κ1) is 12.8. The zero-order chi connectivity index (χ0) is 11.8. The van der Waals surface area contributed by atoms with Crippen LogP contribution in [-0.2, 0) is 0 Å². The van der Waals surface area contributed by atoms with Gasteiger partial charge >= 0.3 is 0 Å². The monoisotopic (exact) mass is 220 g/mol. The molecule has 0 bridgehead atoms. The van der Waals surface area contributed by atoms with Crippen LogP contribution in [-0.4, -0.2) is 19.7 Å². The normalized spacial score (nSPS) is 10.4. The molecule has 0 heterocycles. The van der Waals surface area contributed by atoms with Gasteiger partial charge in [0.25, 0.3) is 0 Å². The lowest BCUT2D eigenvalue weighted by Gasteiger charge is -2.08. The lowest BCUT2D eigenvalue weighted by atomic mass is 10.0. The lowest BCUT2D eigenvalue weighted by molar-refractivity contribution is -0.646. The second-order valence-electron chi connectivity index (χ2n) is 4.17. The Hall–Kier alpha value is -1.28. The molecule has 0 aromatic heterocycles. The van der Waals surface area contributed by atoms with Crippen molar-refractivity contribution in [2.24, 2.45) is 0 Å². The third-order valence-electron chi connectivity index (χ3n) is 2.47. The van der Waals surface area contributed by atoms with Gasteiger partial charge in [-0.2, -0.15) is 0 Å². The first-order valence-corrected chi connectivity index (χ1v) is 5.89. The molecule has 1 rings (SSSR count). The first-order chi connectivity index (χ1) is 7.74. The van der Waals surface area contributed by atoms with Crippen LogP contribution < -0.4 is 10.1 Å². The number of ether oxygens (including phenoxy) is 1. The highest BCUT2D eigenvalue weighted by Crippen LogP contribution is 2.18. The minimum absolute atomic E-state index is 0.579. The van der Waals surface area contributed by atoms with Gasteiger partial charge in [-0.15, -0.1) is 0 Å². The third-order valence-corrected chi connectivity index (χ3v) is 2.47. The van der Waals surface area contributed by atoms with Crippen LogP contribution in [0.15, 0.2) is 36.9 Å². The van der Waals surface area contributed by atoms with Crippen molar-refractivity contribution >= 4 is 0 Å². The molecule has 0 unspecified atom stereocenters. The van der Waals surface area contributed by atoms with Crippen molar-refractivity contribution < 1.29 is 10.1 Å². The summed E-state index contributed by atoms with van der Waals surface area (Å²) in [7, 11) is 0. The predicted molar refractivity (Wildman–Crippen MR) is 67.9 cm³/mol. The summed E-state index contributed by atoms with van der Waals surface area (Å²) in [4.78, 5) is 0. The molecule has 1 aromatic carbocycles. The molecule has 0 fully saturated rings. The summed E-state index contributed by atoms with van der Waals surface area (Å²) in [6.07, 6.45) is 1.90. The van der Waals surface area contributed by atoms with Crippen molar-refractivity contribution in [2.75, 3.05) is 19.7 Å². The van der Waals surface area contributed by atoms with E-state index in [9.17, 15) is 0 Å². The van der Waals surface area contributed by atoms with Gasteiger partial charge in [0.05, 0.1) is 6.54 Å². The Bertz CT molecular complexity index is 303. The average Bonchev–Trinajstić information content (AvgIpc) is 2.29. The van der Waals surface area contributed by atoms with Crippen molar-refractivity contribution in [1.82, 2.24) is 0 Å². The maximum Gasteiger partial charge on any atom is 0.137 e. The Morgan fingerprint density at radius 2 is 2.00 bits per heavy atom. The standard InChI is InChI=1S/C14H21NO/c1-4-9-15-10-11-16-14-7-5-13(6-8-14)12(2)3/h4-8,12,15H,1,9-11H2,2-3H3/p+1. The highest BCUT2D eigenvalue weighted by atomic mass is 16.5. The van der Waals surface area contributed by atoms with Crippen LogP contribution in [0, 0.1) is 0 Å². The predicted octanol–water partition coefficient (Wildman–Crippen LogP) is 1.94. The zero-order valence-electron chi connectivity index (χ0n) is 10.3. The quantitative estimate of drug-likeness (QED) is 0.551. The van der Waals surface area contributed by atoms with Gasteiger partial charge in [-0.1, -0.05) is 32.6 Å². The van der Waals surface area contributed by atoms with Gasteiger partial charge in [-0.25, -0.2) is 0 Å². The van der Waals surface area contributed by atoms with Crippen LogP contribution in [0.4, 0.5) is 0 Å². The molecule has 88 valence electrons. The van der Waals surface area contributed by atoms with Crippen LogP contribution >= 0.6 is 0 Å². The maximum atomic E-state index is 5.62. The van der Waals surface area contributed by atoms with E-state index in [1.54, 1.807) is 0 Å². The van der Waals surface area contributed by atoms with Gasteiger partial charge in [0, 0.05) is 0 Å². The van der Waals surface area contributed by atoms with Crippen LogP contribution in [0.5, 0.6) is 5.75 Å². The summed E-state index contributed by atoms with van der Waals surface area (Å²) in [6, 6.07) is 8.35. The van der Waals surface area contributed by atoms with Gasteiger partial charge in [-0.3, -0.25) is 0 Å². The van der Waals surface area contributed by atoms with Crippen molar-refractivity contribution in [3.8, 4) is 5.75 Å². The number of hydrogen-bond acceptors (Lipinski definition) is 1. The van der Waals surface area contributed by atoms with Gasteiger partial charge in [-0.05, 0) is 29.7 Å². The average molecular weight is 220 g/mol.